The lowest BCUT2D eigenvalue weighted by Crippen LogP contribution is -2.41. The fraction of sp³-hybridized carbons (Fsp3) is 1.00. The molecule has 0 aromatic carbocycles. The molecule has 0 spiro atoms. The summed E-state index contributed by atoms with van der Waals surface area (Å²) < 4.78 is 0. The smallest absolute Gasteiger partial charge is 0.0152 e. The van der Waals surface area contributed by atoms with Crippen molar-refractivity contribution in [3.63, 3.8) is 0 Å². The normalized spacial score (nSPS) is 38.6. The van der Waals surface area contributed by atoms with E-state index in [0.717, 1.165) is 41.7 Å². The fourth-order valence-corrected chi connectivity index (χ4v) is 4.45. The highest BCUT2D eigenvalue weighted by molar-refractivity contribution is 5.01. The molecule has 0 aromatic heterocycles. The van der Waals surface area contributed by atoms with E-state index in [2.05, 4.69) is 46.4 Å². The van der Waals surface area contributed by atoms with E-state index in [4.69, 9.17) is 0 Å². The maximum atomic E-state index is 2.79. The Bertz CT molecular complexity index is 256. The number of rotatable bonds is 3. The van der Waals surface area contributed by atoms with Crippen molar-refractivity contribution in [2.45, 2.75) is 66.5 Å². The molecule has 4 atom stereocenters. The molecular weight excluding hydrogens is 206 g/mol. The molecule has 0 N–H and O–H groups in total. The summed E-state index contributed by atoms with van der Waals surface area (Å²) in [5.74, 6) is 4.70. The van der Waals surface area contributed by atoms with Crippen LogP contribution in [0.4, 0.5) is 0 Å². The molecule has 2 fully saturated rings. The van der Waals surface area contributed by atoms with Gasteiger partial charge in [0.05, 0.1) is 0 Å². The summed E-state index contributed by atoms with van der Waals surface area (Å²) >= 11 is 0. The first kappa shape index (κ1) is 13.4. The predicted octanol–water partition coefficient (Wildman–Crippen LogP) is 4.03. The van der Waals surface area contributed by atoms with Crippen LogP contribution in [0.2, 0.25) is 0 Å². The van der Waals surface area contributed by atoms with Crippen molar-refractivity contribution in [2.24, 2.45) is 29.6 Å². The molecule has 1 nitrogen and oxygen atoms in total. The topological polar surface area (TPSA) is 3.24 Å². The summed E-state index contributed by atoms with van der Waals surface area (Å²) in [7, 11) is 0. The Morgan fingerprint density at radius 1 is 0.882 bits per heavy atom. The summed E-state index contributed by atoms with van der Waals surface area (Å²) in [6.07, 6.45) is 2.99. The number of hydrogen-bond donors (Lipinski definition) is 0. The van der Waals surface area contributed by atoms with Gasteiger partial charge in [-0.05, 0) is 56.3 Å². The molecule has 100 valence electrons. The molecule has 0 bridgehead atoms. The van der Waals surface area contributed by atoms with Crippen LogP contribution in [0.1, 0.15) is 54.4 Å². The van der Waals surface area contributed by atoms with E-state index in [1.165, 1.54) is 19.4 Å². The molecule has 1 heterocycles. The largest absolute Gasteiger partial charge is 0.297 e. The third-order valence-corrected chi connectivity index (χ3v) is 5.34. The van der Waals surface area contributed by atoms with E-state index >= 15 is 0 Å². The van der Waals surface area contributed by atoms with Gasteiger partial charge in [-0.25, -0.2) is 0 Å². The summed E-state index contributed by atoms with van der Waals surface area (Å²) in [5.41, 5.74) is 0. The van der Waals surface area contributed by atoms with Gasteiger partial charge >= 0.3 is 0 Å². The predicted molar refractivity (Wildman–Crippen MR) is 75.0 cm³/mol. The van der Waals surface area contributed by atoms with Gasteiger partial charge in [-0.15, -0.1) is 0 Å². The van der Waals surface area contributed by atoms with E-state index in [1.807, 2.05) is 0 Å². The molecule has 2 aliphatic rings. The standard InChI is InChI=1S/C16H31N/c1-10(2)13-7-14-9-17(12(5)6)16(11(3)4)15(14)8-13/h10-16H,7-9H2,1-6H3. The van der Waals surface area contributed by atoms with E-state index in [1.54, 1.807) is 0 Å². The van der Waals surface area contributed by atoms with E-state index < -0.39 is 0 Å². The Morgan fingerprint density at radius 2 is 1.53 bits per heavy atom. The van der Waals surface area contributed by atoms with Crippen molar-refractivity contribution in [3.8, 4) is 0 Å². The van der Waals surface area contributed by atoms with Gasteiger partial charge in [-0.1, -0.05) is 27.7 Å². The Balaban J connectivity index is 2.10. The minimum Gasteiger partial charge on any atom is -0.297 e. The second-order valence-electron chi connectivity index (χ2n) is 7.42. The second kappa shape index (κ2) is 4.91. The van der Waals surface area contributed by atoms with E-state index in [9.17, 15) is 0 Å². The Hall–Kier alpha value is -0.0400. The number of likely N-dealkylation sites (tertiary alicyclic amines) is 1. The molecule has 0 radical (unpaired) electrons. The zero-order valence-corrected chi connectivity index (χ0v) is 12.6. The Morgan fingerprint density at radius 3 is 2.00 bits per heavy atom. The number of hydrogen-bond acceptors (Lipinski definition) is 1. The van der Waals surface area contributed by atoms with Crippen LogP contribution in [0.3, 0.4) is 0 Å². The first-order valence-electron chi connectivity index (χ1n) is 7.67. The third kappa shape index (κ3) is 2.41. The molecule has 1 saturated heterocycles. The average molecular weight is 237 g/mol. The average Bonchev–Trinajstić information content (AvgIpc) is 2.71. The maximum absolute atomic E-state index is 2.79. The highest BCUT2D eigenvalue weighted by Crippen LogP contribution is 2.49. The van der Waals surface area contributed by atoms with Crippen LogP contribution in [-0.2, 0) is 0 Å². The van der Waals surface area contributed by atoms with Crippen LogP contribution in [0.15, 0.2) is 0 Å². The molecule has 1 aliphatic heterocycles. The van der Waals surface area contributed by atoms with Crippen molar-refractivity contribution < 1.29 is 0 Å². The summed E-state index contributed by atoms with van der Waals surface area (Å²) in [4.78, 5) is 2.79. The van der Waals surface area contributed by atoms with Gasteiger partial charge in [0.2, 0.25) is 0 Å². The fourth-order valence-electron chi connectivity index (χ4n) is 4.45. The maximum Gasteiger partial charge on any atom is 0.0152 e. The minimum absolute atomic E-state index is 0.727. The van der Waals surface area contributed by atoms with Crippen LogP contribution in [0.25, 0.3) is 0 Å². The van der Waals surface area contributed by atoms with E-state index in [0.29, 0.717) is 0 Å². The third-order valence-electron chi connectivity index (χ3n) is 5.34. The van der Waals surface area contributed by atoms with Crippen molar-refractivity contribution in [1.29, 1.82) is 0 Å². The van der Waals surface area contributed by atoms with Crippen LogP contribution in [0, 0.1) is 29.6 Å². The summed E-state index contributed by atoms with van der Waals surface area (Å²) in [5, 5.41) is 0. The lowest BCUT2D eigenvalue weighted by atomic mass is 9.86. The van der Waals surface area contributed by atoms with Crippen LogP contribution >= 0.6 is 0 Å². The molecule has 4 unspecified atom stereocenters. The molecule has 17 heavy (non-hydrogen) atoms. The monoisotopic (exact) mass is 237 g/mol. The molecule has 0 aromatic rings. The highest BCUT2D eigenvalue weighted by atomic mass is 15.2. The first-order valence-corrected chi connectivity index (χ1v) is 7.67. The lowest BCUT2D eigenvalue weighted by Gasteiger charge is -2.35. The second-order valence-corrected chi connectivity index (χ2v) is 7.42. The van der Waals surface area contributed by atoms with Crippen LogP contribution in [-0.4, -0.2) is 23.5 Å². The Kier molecular flexibility index (Phi) is 3.87. The van der Waals surface area contributed by atoms with Gasteiger partial charge in [0.15, 0.2) is 0 Å². The molecule has 1 heteroatoms. The molecule has 1 saturated carbocycles. The molecule has 0 amide bonds. The molecule has 2 rings (SSSR count). The summed E-state index contributed by atoms with van der Waals surface area (Å²) in [6, 6.07) is 1.58. The van der Waals surface area contributed by atoms with Gasteiger partial charge < -0.3 is 0 Å². The number of nitrogens with zero attached hydrogens (tertiary/aromatic N) is 1. The quantitative estimate of drug-likeness (QED) is 0.716. The van der Waals surface area contributed by atoms with Gasteiger partial charge in [0.25, 0.3) is 0 Å². The van der Waals surface area contributed by atoms with Gasteiger partial charge in [0.1, 0.15) is 0 Å². The van der Waals surface area contributed by atoms with Crippen molar-refractivity contribution >= 4 is 0 Å². The Labute approximate surface area is 108 Å². The minimum atomic E-state index is 0.727. The zero-order valence-electron chi connectivity index (χ0n) is 12.6. The number of fused-ring (bicyclic) bond motifs is 1. The van der Waals surface area contributed by atoms with Crippen molar-refractivity contribution in [3.05, 3.63) is 0 Å². The van der Waals surface area contributed by atoms with Gasteiger partial charge in [-0.3, -0.25) is 4.90 Å². The lowest BCUT2D eigenvalue weighted by molar-refractivity contribution is 0.130. The molecule has 1 aliphatic carbocycles. The van der Waals surface area contributed by atoms with Crippen molar-refractivity contribution in [2.75, 3.05) is 6.54 Å². The summed E-state index contributed by atoms with van der Waals surface area (Å²) in [6.45, 7) is 15.8. The van der Waals surface area contributed by atoms with Crippen LogP contribution < -0.4 is 0 Å². The zero-order chi connectivity index (χ0) is 12.7. The SMILES string of the molecule is CC(C)C1CC2CN(C(C)C)C(C(C)C)C2C1. The highest BCUT2D eigenvalue weighted by Gasteiger charge is 2.49. The van der Waals surface area contributed by atoms with E-state index in [-0.39, 0.29) is 0 Å². The van der Waals surface area contributed by atoms with Crippen molar-refractivity contribution in [1.82, 2.24) is 4.90 Å². The first-order chi connectivity index (χ1) is 7.91. The van der Waals surface area contributed by atoms with Crippen LogP contribution in [0.5, 0.6) is 0 Å². The molecular formula is C16H31N. The van der Waals surface area contributed by atoms with Gasteiger partial charge in [-0.2, -0.15) is 0 Å². The van der Waals surface area contributed by atoms with Gasteiger partial charge in [0, 0.05) is 18.6 Å².